The first-order chi connectivity index (χ1) is 13.7. The number of methoxy groups -OCH3 is 1. The number of aromatic nitrogens is 1. The third-order valence-electron chi connectivity index (χ3n) is 5.21. The third-order valence-corrected chi connectivity index (χ3v) is 5.97. The molecule has 4 rings (SSSR count). The number of thiazole rings is 1. The zero-order chi connectivity index (χ0) is 19.3. The minimum atomic E-state index is -0.0303. The van der Waals surface area contributed by atoms with Crippen molar-refractivity contribution >= 4 is 22.4 Å². The molecule has 0 unspecified atom stereocenters. The van der Waals surface area contributed by atoms with Gasteiger partial charge in [0.05, 0.1) is 12.8 Å². The van der Waals surface area contributed by atoms with Gasteiger partial charge in [0.25, 0.3) is 0 Å². The standard InChI is InChI=1S/C23H24N2O2S/c1-27-21-9-5-4-7-17(21)12-13-22(26)25-23-24-20(15-28-23)19-11-10-16-6-2-3-8-18(16)14-19/h4-5,7,9-11,14-15H,2-3,6,8,12-13H2,1H3,(H,24,25,26). The molecular formula is C23H24N2O2S. The number of amides is 1. The minimum absolute atomic E-state index is 0.0303. The lowest BCUT2D eigenvalue weighted by atomic mass is 9.90. The summed E-state index contributed by atoms with van der Waals surface area (Å²) >= 11 is 1.47. The molecular weight excluding hydrogens is 368 g/mol. The van der Waals surface area contributed by atoms with Crippen LogP contribution < -0.4 is 10.1 Å². The first kappa shape index (κ1) is 18.7. The van der Waals surface area contributed by atoms with Gasteiger partial charge >= 0.3 is 0 Å². The Hall–Kier alpha value is -2.66. The van der Waals surface area contributed by atoms with Crippen molar-refractivity contribution in [2.75, 3.05) is 12.4 Å². The van der Waals surface area contributed by atoms with Gasteiger partial charge in [0.15, 0.2) is 5.13 Å². The average molecular weight is 393 g/mol. The van der Waals surface area contributed by atoms with Crippen LogP contribution in [0, 0.1) is 0 Å². The Bertz CT molecular complexity index is 980. The lowest BCUT2D eigenvalue weighted by Crippen LogP contribution is -2.12. The van der Waals surface area contributed by atoms with E-state index in [0.717, 1.165) is 29.0 Å². The number of ether oxygens (including phenoxy) is 1. The van der Waals surface area contributed by atoms with E-state index in [-0.39, 0.29) is 5.91 Å². The molecule has 0 saturated carbocycles. The van der Waals surface area contributed by atoms with Gasteiger partial charge in [-0.3, -0.25) is 4.79 Å². The van der Waals surface area contributed by atoms with E-state index >= 15 is 0 Å². The summed E-state index contributed by atoms with van der Waals surface area (Å²) in [6, 6.07) is 14.4. The van der Waals surface area contributed by atoms with Crippen molar-refractivity contribution in [3.63, 3.8) is 0 Å². The molecule has 0 spiro atoms. The fourth-order valence-corrected chi connectivity index (χ4v) is 4.43. The zero-order valence-corrected chi connectivity index (χ0v) is 16.8. The van der Waals surface area contributed by atoms with Crippen molar-refractivity contribution in [3.05, 3.63) is 64.5 Å². The second-order valence-electron chi connectivity index (χ2n) is 7.09. The molecule has 144 valence electrons. The first-order valence-electron chi connectivity index (χ1n) is 9.72. The van der Waals surface area contributed by atoms with Crippen molar-refractivity contribution in [1.29, 1.82) is 0 Å². The number of nitrogens with zero attached hydrogens (tertiary/aromatic N) is 1. The summed E-state index contributed by atoms with van der Waals surface area (Å²) in [7, 11) is 1.65. The molecule has 1 aliphatic carbocycles. The molecule has 2 aromatic carbocycles. The summed E-state index contributed by atoms with van der Waals surface area (Å²) in [5.41, 5.74) is 6.01. The van der Waals surface area contributed by atoms with Crippen LogP contribution in [0.4, 0.5) is 5.13 Å². The van der Waals surface area contributed by atoms with Crippen LogP contribution in [0.2, 0.25) is 0 Å². The minimum Gasteiger partial charge on any atom is -0.496 e. The van der Waals surface area contributed by atoms with Gasteiger partial charge in [0, 0.05) is 17.4 Å². The molecule has 1 heterocycles. The third kappa shape index (κ3) is 4.25. The molecule has 1 amide bonds. The predicted molar refractivity (Wildman–Crippen MR) is 114 cm³/mol. The van der Waals surface area contributed by atoms with Gasteiger partial charge in [-0.2, -0.15) is 0 Å². The maximum Gasteiger partial charge on any atom is 0.226 e. The van der Waals surface area contributed by atoms with Crippen LogP contribution in [0.3, 0.4) is 0 Å². The largest absolute Gasteiger partial charge is 0.496 e. The summed E-state index contributed by atoms with van der Waals surface area (Å²) < 4.78 is 5.35. The van der Waals surface area contributed by atoms with E-state index in [9.17, 15) is 4.79 Å². The molecule has 28 heavy (non-hydrogen) atoms. The Morgan fingerprint density at radius 1 is 1.14 bits per heavy atom. The molecule has 1 aromatic heterocycles. The van der Waals surface area contributed by atoms with Crippen molar-refractivity contribution in [1.82, 2.24) is 4.98 Å². The van der Waals surface area contributed by atoms with E-state index in [1.807, 2.05) is 29.6 Å². The van der Waals surface area contributed by atoms with Gasteiger partial charge in [-0.05, 0) is 60.9 Å². The molecule has 0 bridgehead atoms. The van der Waals surface area contributed by atoms with Crippen molar-refractivity contribution in [2.24, 2.45) is 0 Å². The Morgan fingerprint density at radius 3 is 2.82 bits per heavy atom. The molecule has 0 fully saturated rings. The summed E-state index contributed by atoms with van der Waals surface area (Å²) in [6.45, 7) is 0. The monoisotopic (exact) mass is 392 g/mol. The molecule has 5 heteroatoms. The number of hydrogen-bond donors (Lipinski definition) is 1. The lowest BCUT2D eigenvalue weighted by Gasteiger charge is -2.16. The smallest absolute Gasteiger partial charge is 0.226 e. The van der Waals surface area contributed by atoms with Crippen molar-refractivity contribution in [3.8, 4) is 17.0 Å². The van der Waals surface area contributed by atoms with Gasteiger partial charge < -0.3 is 10.1 Å². The number of carbonyl (C=O) groups is 1. The normalized spacial score (nSPS) is 13.0. The second kappa shape index (κ2) is 8.57. The van der Waals surface area contributed by atoms with Crippen molar-refractivity contribution in [2.45, 2.75) is 38.5 Å². The zero-order valence-electron chi connectivity index (χ0n) is 16.0. The molecule has 0 radical (unpaired) electrons. The van der Waals surface area contributed by atoms with Crippen LogP contribution in [-0.4, -0.2) is 18.0 Å². The molecule has 3 aromatic rings. The highest BCUT2D eigenvalue weighted by molar-refractivity contribution is 7.14. The number of aryl methyl sites for hydroxylation is 3. The summed E-state index contributed by atoms with van der Waals surface area (Å²) in [5.74, 6) is 0.788. The van der Waals surface area contributed by atoms with E-state index in [1.54, 1.807) is 7.11 Å². The Morgan fingerprint density at radius 2 is 1.96 bits per heavy atom. The Kier molecular flexibility index (Phi) is 5.72. The van der Waals surface area contributed by atoms with Crippen LogP contribution >= 0.6 is 11.3 Å². The van der Waals surface area contributed by atoms with Crippen LogP contribution in [0.1, 0.15) is 36.0 Å². The number of anilines is 1. The molecule has 0 aliphatic heterocycles. The molecule has 0 saturated heterocycles. The van der Waals surface area contributed by atoms with E-state index in [0.29, 0.717) is 18.0 Å². The molecule has 1 aliphatic rings. The maximum absolute atomic E-state index is 12.3. The van der Waals surface area contributed by atoms with E-state index in [4.69, 9.17) is 4.74 Å². The number of para-hydroxylation sites is 1. The summed E-state index contributed by atoms with van der Waals surface area (Å²) in [4.78, 5) is 17.0. The Balaban J connectivity index is 1.38. The predicted octanol–water partition coefficient (Wildman–Crippen LogP) is 5.27. The number of nitrogens with one attached hydrogen (secondary N) is 1. The van der Waals surface area contributed by atoms with Gasteiger partial charge in [-0.25, -0.2) is 4.98 Å². The SMILES string of the molecule is COc1ccccc1CCC(=O)Nc1nc(-c2ccc3c(c2)CCCC3)cs1. The van der Waals surface area contributed by atoms with E-state index in [2.05, 4.69) is 28.5 Å². The van der Waals surface area contributed by atoms with E-state index < -0.39 is 0 Å². The van der Waals surface area contributed by atoms with E-state index in [1.165, 1.54) is 41.7 Å². The average Bonchev–Trinajstić information content (AvgIpc) is 3.20. The Labute approximate surface area is 169 Å². The number of fused-ring (bicyclic) bond motifs is 1. The summed E-state index contributed by atoms with van der Waals surface area (Å²) in [5, 5.41) is 5.59. The topological polar surface area (TPSA) is 51.2 Å². The highest BCUT2D eigenvalue weighted by Crippen LogP contribution is 2.29. The first-order valence-corrected chi connectivity index (χ1v) is 10.6. The van der Waals surface area contributed by atoms with Gasteiger partial charge in [0.2, 0.25) is 5.91 Å². The van der Waals surface area contributed by atoms with Crippen LogP contribution in [0.15, 0.2) is 47.8 Å². The van der Waals surface area contributed by atoms with Crippen LogP contribution in [0.5, 0.6) is 5.75 Å². The maximum atomic E-state index is 12.3. The highest BCUT2D eigenvalue weighted by Gasteiger charge is 2.13. The van der Waals surface area contributed by atoms with Crippen LogP contribution in [0.25, 0.3) is 11.3 Å². The van der Waals surface area contributed by atoms with Gasteiger partial charge in [-0.15, -0.1) is 11.3 Å². The number of rotatable bonds is 6. The quantitative estimate of drug-likeness (QED) is 0.622. The molecule has 4 nitrogen and oxygen atoms in total. The summed E-state index contributed by atoms with van der Waals surface area (Å²) in [6.07, 6.45) is 5.92. The lowest BCUT2D eigenvalue weighted by molar-refractivity contribution is -0.116. The molecule has 0 atom stereocenters. The number of benzene rings is 2. The van der Waals surface area contributed by atoms with Gasteiger partial charge in [-0.1, -0.05) is 30.3 Å². The van der Waals surface area contributed by atoms with Gasteiger partial charge in [0.1, 0.15) is 5.75 Å². The second-order valence-corrected chi connectivity index (χ2v) is 7.95. The van der Waals surface area contributed by atoms with Crippen LogP contribution in [-0.2, 0) is 24.1 Å². The van der Waals surface area contributed by atoms with Crippen molar-refractivity contribution < 1.29 is 9.53 Å². The number of carbonyl (C=O) groups excluding carboxylic acids is 1. The number of hydrogen-bond acceptors (Lipinski definition) is 4. The fraction of sp³-hybridized carbons (Fsp3) is 0.304. The fourth-order valence-electron chi connectivity index (χ4n) is 3.70. The highest BCUT2D eigenvalue weighted by atomic mass is 32.1. The molecule has 1 N–H and O–H groups in total.